The molecule has 1 unspecified atom stereocenters. The molecule has 168 valence electrons. The van der Waals surface area contributed by atoms with Crippen molar-refractivity contribution in [2.45, 2.75) is 18.2 Å². The fraction of sp³-hybridized carbons (Fsp3) is 0.160. The Labute approximate surface area is 201 Å². The maximum Gasteiger partial charge on any atom is 0.238 e. The second-order valence-electron chi connectivity index (χ2n) is 7.36. The van der Waals surface area contributed by atoms with Crippen molar-refractivity contribution in [2.24, 2.45) is 4.99 Å². The van der Waals surface area contributed by atoms with Crippen molar-refractivity contribution in [1.82, 2.24) is 4.90 Å². The quantitative estimate of drug-likeness (QED) is 0.506. The second-order valence-corrected chi connectivity index (χ2v) is 8.97. The zero-order valence-electron chi connectivity index (χ0n) is 17.9. The molecule has 0 aromatic heterocycles. The molecule has 0 aliphatic carbocycles. The Kier molecular flexibility index (Phi) is 7.32. The minimum Gasteiger partial charge on any atom is -0.497 e. The number of aliphatic imine (C=N–C) groups is 1. The molecule has 0 spiro atoms. The molecule has 1 heterocycles. The lowest BCUT2D eigenvalue weighted by atomic mass is 10.2. The molecule has 1 N–H and O–H groups in total. The van der Waals surface area contributed by atoms with E-state index in [1.54, 1.807) is 48.4 Å². The molecule has 1 fully saturated rings. The SMILES string of the molecule is COc1ccc(NC(=O)C2CC(=O)N(Cc3ccc(Cl)cc3)C(=Nc3ccccc3)S2)cc1. The fourth-order valence-corrected chi connectivity index (χ4v) is 4.50. The zero-order chi connectivity index (χ0) is 23.2. The number of benzene rings is 3. The smallest absolute Gasteiger partial charge is 0.238 e. The number of hydrogen-bond donors (Lipinski definition) is 1. The number of ether oxygens (including phenoxy) is 1. The Morgan fingerprint density at radius 2 is 1.79 bits per heavy atom. The zero-order valence-corrected chi connectivity index (χ0v) is 19.5. The average Bonchev–Trinajstić information content (AvgIpc) is 2.83. The Morgan fingerprint density at radius 1 is 1.09 bits per heavy atom. The molecule has 1 aliphatic heterocycles. The molecular formula is C25H22ClN3O3S. The number of hydrogen-bond acceptors (Lipinski definition) is 5. The number of carbonyl (C=O) groups is 2. The third kappa shape index (κ3) is 5.94. The van der Waals surface area contributed by atoms with E-state index >= 15 is 0 Å². The first kappa shape index (κ1) is 22.9. The van der Waals surface area contributed by atoms with Gasteiger partial charge in [0.15, 0.2) is 5.17 Å². The summed E-state index contributed by atoms with van der Waals surface area (Å²) in [5.41, 5.74) is 2.28. The maximum absolute atomic E-state index is 13.1. The molecular weight excluding hydrogens is 458 g/mol. The summed E-state index contributed by atoms with van der Waals surface area (Å²) >= 11 is 7.28. The van der Waals surface area contributed by atoms with Crippen LogP contribution >= 0.6 is 23.4 Å². The van der Waals surface area contributed by atoms with Gasteiger partial charge in [-0.15, -0.1) is 0 Å². The lowest BCUT2D eigenvalue weighted by Crippen LogP contribution is -2.44. The number of anilines is 1. The third-order valence-corrected chi connectivity index (χ3v) is 6.46. The van der Waals surface area contributed by atoms with E-state index < -0.39 is 5.25 Å². The lowest BCUT2D eigenvalue weighted by Gasteiger charge is -2.32. The maximum atomic E-state index is 13.1. The van der Waals surface area contributed by atoms with E-state index in [9.17, 15) is 9.59 Å². The van der Waals surface area contributed by atoms with Crippen molar-refractivity contribution >= 4 is 51.7 Å². The number of thioether (sulfide) groups is 1. The first-order valence-corrected chi connectivity index (χ1v) is 11.6. The highest BCUT2D eigenvalue weighted by molar-refractivity contribution is 8.15. The van der Waals surface area contributed by atoms with E-state index in [0.29, 0.717) is 33.9 Å². The van der Waals surface area contributed by atoms with Gasteiger partial charge in [-0.1, -0.05) is 53.7 Å². The summed E-state index contributed by atoms with van der Waals surface area (Å²) in [6.45, 7) is 0.349. The van der Waals surface area contributed by atoms with Gasteiger partial charge in [0, 0.05) is 17.1 Å². The van der Waals surface area contributed by atoms with Gasteiger partial charge in [0.2, 0.25) is 11.8 Å². The molecule has 0 saturated carbocycles. The van der Waals surface area contributed by atoms with E-state index in [-0.39, 0.29) is 18.2 Å². The summed E-state index contributed by atoms with van der Waals surface area (Å²) in [5.74, 6) is 0.295. The van der Waals surface area contributed by atoms with Gasteiger partial charge in [-0.05, 0) is 54.1 Å². The predicted molar refractivity (Wildman–Crippen MR) is 133 cm³/mol. The molecule has 0 bridgehead atoms. The molecule has 33 heavy (non-hydrogen) atoms. The topological polar surface area (TPSA) is 71.0 Å². The van der Waals surface area contributed by atoms with Crippen molar-refractivity contribution in [3.8, 4) is 5.75 Å². The number of nitrogens with zero attached hydrogens (tertiary/aromatic N) is 2. The highest BCUT2D eigenvalue weighted by Crippen LogP contribution is 2.31. The summed E-state index contributed by atoms with van der Waals surface area (Å²) in [6.07, 6.45) is 0.0774. The number of amidine groups is 1. The van der Waals surface area contributed by atoms with Crippen LogP contribution in [0.5, 0.6) is 5.75 Å². The molecule has 8 heteroatoms. The largest absolute Gasteiger partial charge is 0.497 e. The summed E-state index contributed by atoms with van der Waals surface area (Å²) < 4.78 is 5.15. The van der Waals surface area contributed by atoms with Crippen LogP contribution in [0.2, 0.25) is 5.02 Å². The fourth-order valence-electron chi connectivity index (χ4n) is 3.28. The van der Waals surface area contributed by atoms with Crippen LogP contribution in [0, 0.1) is 0 Å². The van der Waals surface area contributed by atoms with Gasteiger partial charge in [0.1, 0.15) is 11.0 Å². The number of carbonyl (C=O) groups excluding carboxylic acids is 2. The van der Waals surface area contributed by atoms with Crippen LogP contribution in [0.1, 0.15) is 12.0 Å². The highest BCUT2D eigenvalue weighted by atomic mass is 35.5. The van der Waals surface area contributed by atoms with Crippen LogP contribution in [-0.4, -0.2) is 34.2 Å². The third-order valence-electron chi connectivity index (χ3n) is 5.02. The van der Waals surface area contributed by atoms with Crippen molar-refractivity contribution in [2.75, 3.05) is 12.4 Å². The van der Waals surface area contributed by atoms with Crippen LogP contribution in [0.15, 0.2) is 83.9 Å². The van der Waals surface area contributed by atoms with E-state index in [2.05, 4.69) is 10.3 Å². The standard InChI is InChI=1S/C25H22ClN3O3S/c1-32-21-13-11-20(12-14-21)27-24(31)22-15-23(30)29(16-17-7-9-18(26)10-8-17)25(33-22)28-19-5-3-2-4-6-19/h2-14,22H,15-16H2,1H3,(H,27,31). The second kappa shape index (κ2) is 10.6. The van der Waals surface area contributed by atoms with Gasteiger partial charge in [-0.2, -0.15) is 0 Å². The van der Waals surface area contributed by atoms with Gasteiger partial charge in [0.25, 0.3) is 0 Å². The van der Waals surface area contributed by atoms with Crippen LogP contribution in [0.25, 0.3) is 0 Å². The number of halogens is 1. The number of methoxy groups -OCH3 is 1. The van der Waals surface area contributed by atoms with Crippen molar-refractivity contribution in [3.05, 3.63) is 89.4 Å². The van der Waals surface area contributed by atoms with Crippen LogP contribution in [0.4, 0.5) is 11.4 Å². The number of rotatable bonds is 6. The molecule has 0 radical (unpaired) electrons. The number of para-hydroxylation sites is 1. The molecule has 3 aromatic carbocycles. The Hall–Kier alpha value is -3.29. The minimum atomic E-state index is -0.594. The summed E-state index contributed by atoms with van der Waals surface area (Å²) in [5, 5.41) is 3.41. The summed E-state index contributed by atoms with van der Waals surface area (Å²) in [7, 11) is 1.58. The summed E-state index contributed by atoms with van der Waals surface area (Å²) in [4.78, 5) is 32.4. The minimum absolute atomic E-state index is 0.0774. The van der Waals surface area contributed by atoms with Gasteiger partial charge < -0.3 is 10.1 Å². The van der Waals surface area contributed by atoms with Crippen molar-refractivity contribution < 1.29 is 14.3 Å². The van der Waals surface area contributed by atoms with E-state index in [0.717, 1.165) is 5.56 Å². The van der Waals surface area contributed by atoms with Gasteiger partial charge in [0.05, 0.1) is 19.3 Å². The Balaban J connectivity index is 1.56. The summed E-state index contributed by atoms with van der Waals surface area (Å²) in [6, 6.07) is 23.8. The highest BCUT2D eigenvalue weighted by Gasteiger charge is 2.36. The first-order valence-electron chi connectivity index (χ1n) is 10.3. The number of amides is 2. The van der Waals surface area contributed by atoms with Crippen molar-refractivity contribution in [1.29, 1.82) is 0 Å². The van der Waals surface area contributed by atoms with Crippen LogP contribution in [0.3, 0.4) is 0 Å². The molecule has 6 nitrogen and oxygen atoms in total. The van der Waals surface area contributed by atoms with Crippen molar-refractivity contribution in [3.63, 3.8) is 0 Å². The molecule has 2 amide bonds. The Bertz CT molecular complexity index is 1150. The van der Waals surface area contributed by atoms with E-state index in [1.807, 2.05) is 42.5 Å². The normalized spacial score (nSPS) is 17.2. The molecule has 1 atom stereocenters. The Morgan fingerprint density at radius 3 is 2.45 bits per heavy atom. The van der Waals surface area contributed by atoms with E-state index in [1.165, 1.54) is 11.8 Å². The van der Waals surface area contributed by atoms with Gasteiger partial charge >= 0.3 is 0 Å². The molecule has 1 saturated heterocycles. The van der Waals surface area contributed by atoms with E-state index in [4.69, 9.17) is 16.3 Å². The number of nitrogens with one attached hydrogen (secondary N) is 1. The van der Waals surface area contributed by atoms with Crippen LogP contribution < -0.4 is 10.1 Å². The molecule has 1 aliphatic rings. The monoisotopic (exact) mass is 479 g/mol. The van der Waals surface area contributed by atoms with Crippen LogP contribution in [-0.2, 0) is 16.1 Å². The van der Waals surface area contributed by atoms with Gasteiger partial charge in [-0.3, -0.25) is 14.5 Å². The average molecular weight is 480 g/mol. The first-order chi connectivity index (χ1) is 16.0. The molecule has 4 rings (SSSR count). The predicted octanol–water partition coefficient (Wildman–Crippen LogP) is 5.51. The molecule has 3 aromatic rings. The lowest BCUT2D eigenvalue weighted by molar-refractivity contribution is -0.129. The van der Waals surface area contributed by atoms with Gasteiger partial charge in [-0.25, -0.2) is 4.99 Å².